The molecule has 25 heavy (non-hydrogen) atoms. The SMILES string of the molecule is Cc1cnc(C(=O)NC2COCC2n2nc3c(cc2=O)CCC3)cn1. The van der Waals surface area contributed by atoms with Crippen LogP contribution >= 0.6 is 0 Å². The van der Waals surface area contributed by atoms with E-state index in [1.54, 1.807) is 12.3 Å². The first-order chi connectivity index (χ1) is 12.1. The van der Waals surface area contributed by atoms with Crippen molar-refractivity contribution < 1.29 is 9.53 Å². The Hall–Kier alpha value is -2.61. The lowest BCUT2D eigenvalue weighted by Gasteiger charge is -2.20. The smallest absolute Gasteiger partial charge is 0.271 e. The predicted molar refractivity (Wildman–Crippen MR) is 88.4 cm³/mol. The summed E-state index contributed by atoms with van der Waals surface area (Å²) < 4.78 is 6.97. The predicted octanol–water partition coefficient (Wildman–Crippen LogP) is 0.200. The van der Waals surface area contributed by atoms with Crippen LogP contribution in [0, 0.1) is 6.92 Å². The average molecular weight is 341 g/mol. The summed E-state index contributed by atoms with van der Waals surface area (Å²) in [5.74, 6) is -0.331. The maximum Gasteiger partial charge on any atom is 0.271 e. The number of ether oxygens (including phenoxy) is 1. The van der Waals surface area contributed by atoms with Gasteiger partial charge in [0, 0.05) is 12.3 Å². The molecule has 1 fully saturated rings. The van der Waals surface area contributed by atoms with Crippen molar-refractivity contribution >= 4 is 5.91 Å². The lowest BCUT2D eigenvalue weighted by molar-refractivity contribution is 0.0919. The molecule has 0 aromatic carbocycles. The van der Waals surface area contributed by atoms with Crippen molar-refractivity contribution in [1.29, 1.82) is 0 Å². The average Bonchev–Trinajstić information content (AvgIpc) is 3.23. The van der Waals surface area contributed by atoms with Gasteiger partial charge in [0.2, 0.25) is 0 Å². The van der Waals surface area contributed by atoms with E-state index in [9.17, 15) is 9.59 Å². The van der Waals surface area contributed by atoms with Crippen molar-refractivity contribution in [2.45, 2.75) is 38.3 Å². The first-order valence-electron chi connectivity index (χ1n) is 8.40. The van der Waals surface area contributed by atoms with E-state index in [0.29, 0.717) is 13.2 Å². The van der Waals surface area contributed by atoms with Gasteiger partial charge in [0.15, 0.2) is 0 Å². The number of rotatable bonds is 3. The van der Waals surface area contributed by atoms with Crippen LogP contribution in [0.25, 0.3) is 0 Å². The first kappa shape index (κ1) is 15.9. The molecule has 2 aromatic heterocycles. The second kappa shape index (κ2) is 6.36. The summed E-state index contributed by atoms with van der Waals surface area (Å²) in [6.07, 6.45) is 5.81. The van der Waals surface area contributed by atoms with Gasteiger partial charge in [-0.05, 0) is 31.7 Å². The van der Waals surface area contributed by atoms with E-state index in [4.69, 9.17) is 4.74 Å². The lowest BCUT2D eigenvalue weighted by atomic mass is 10.1. The third-order valence-corrected chi connectivity index (χ3v) is 4.68. The van der Waals surface area contributed by atoms with Crippen LogP contribution in [-0.4, -0.2) is 44.9 Å². The quantitative estimate of drug-likeness (QED) is 0.856. The minimum absolute atomic E-state index is 0.148. The highest BCUT2D eigenvalue weighted by atomic mass is 16.5. The van der Waals surface area contributed by atoms with Gasteiger partial charge in [-0.15, -0.1) is 0 Å². The number of amides is 1. The molecule has 1 amide bonds. The number of nitrogens with one attached hydrogen (secondary N) is 1. The largest absolute Gasteiger partial charge is 0.377 e. The van der Waals surface area contributed by atoms with Crippen LogP contribution < -0.4 is 10.9 Å². The van der Waals surface area contributed by atoms with E-state index >= 15 is 0 Å². The summed E-state index contributed by atoms with van der Waals surface area (Å²) in [4.78, 5) is 33.0. The minimum Gasteiger partial charge on any atom is -0.377 e. The Balaban J connectivity index is 1.56. The number of nitrogens with zero attached hydrogens (tertiary/aromatic N) is 4. The zero-order valence-electron chi connectivity index (χ0n) is 13.9. The molecule has 1 aliphatic heterocycles. The molecule has 2 aromatic rings. The van der Waals surface area contributed by atoms with Crippen molar-refractivity contribution in [1.82, 2.24) is 25.1 Å². The third kappa shape index (κ3) is 3.05. The zero-order valence-corrected chi connectivity index (χ0v) is 13.9. The van der Waals surface area contributed by atoms with E-state index in [-0.39, 0.29) is 29.2 Å². The van der Waals surface area contributed by atoms with E-state index in [2.05, 4.69) is 20.4 Å². The Morgan fingerprint density at radius 3 is 2.96 bits per heavy atom. The van der Waals surface area contributed by atoms with Crippen LogP contribution in [0.4, 0.5) is 0 Å². The Morgan fingerprint density at radius 1 is 1.28 bits per heavy atom. The normalized spacial score (nSPS) is 22.0. The molecule has 0 spiro atoms. The van der Waals surface area contributed by atoms with Crippen LogP contribution in [0.1, 0.15) is 39.9 Å². The topological polar surface area (TPSA) is 99.0 Å². The van der Waals surface area contributed by atoms with E-state index in [1.165, 1.54) is 10.9 Å². The van der Waals surface area contributed by atoms with Crippen molar-refractivity contribution in [3.05, 3.63) is 51.5 Å². The van der Waals surface area contributed by atoms with E-state index < -0.39 is 0 Å². The van der Waals surface area contributed by atoms with Crippen LogP contribution in [-0.2, 0) is 17.6 Å². The summed E-state index contributed by atoms with van der Waals surface area (Å²) in [6, 6.07) is 1.01. The molecule has 0 radical (unpaired) electrons. The van der Waals surface area contributed by atoms with Gasteiger partial charge in [0.05, 0.1) is 36.8 Å². The van der Waals surface area contributed by atoms with Crippen molar-refractivity contribution in [2.24, 2.45) is 0 Å². The van der Waals surface area contributed by atoms with Crippen LogP contribution in [0.3, 0.4) is 0 Å². The van der Waals surface area contributed by atoms with Crippen LogP contribution in [0.5, 0.6) is 0 Å². The van der Waals surface area contributed by atoms with E-state index in [1.807, 2.05) is 6.92 Å². The molecule has 8 heteroatoms. The minimum atomic E-state index is -0.333. The zero-order chi connectivity index (χ0) is 17.4. The number of carbonyl (C=O) groups is 1. The van der Waals surface area contributed by atoms with Gasteiger partial charge in [-0.25, -0.2) is 9.67 Å². The van der Waals surface area contributed by atoms with Gasteiger partial charge in [-0.3, -0.25) is 14.6 Å². The molecule has 1 N–H and O–H groups in total. The summed E-state index contributed by atoms with van der Waals surface area (Å²) in [7, 11) is 0. The fraction of sp³-hybridized carbons (Fsp3) is 0.471. The number of fused-ring (bicyclic) bond motifs is 1. The van der Waals surface area contributed by atoms with Gasteiger partial charge in [0.25, 0.3) is 11.5 Å². The monoisotopic (exact) mass is 341 g/mol. The van der Waals surface area contributed by atoms with Crippen molar-refractivity contribution in [2.75, 3.05) is 13.2 Å². The highest BCUT2D eigenvalue weighted by molar-refractivity contribution is 5.92. The molecule has 0 bridgehead atoms. The molecule has 1 aliphatic carbocycles. The summed E-state index contributed by atoms with van der Waals surface area (Å²) >= 11 is 0. The highest BCUT2D eigenvalue weighted by Crippen LogP contribution is 2.21. The molecule has 0 saturated carbocycles. The first-order valence-corrected chi connectivity index (χ1v) is 8.40. The maximum atomic E-state index is 12.4. The number of carbonyl (C=O) groups excluding carboxylic acids is 1. The molecule has 4 rings (SSSR count). The Morgan fingerprint density at radius 2 is 2.16 bits per heavy atom. The molecule has 1 saturated heterocycles. The molecular formula is C17H19N5O3. The van der Waals surface area contributed by atoms with Gasteiger partial charge in [-0.2, -0.15) is 5.10 Å². The van der Waals surface area contributed by atoms with Gasteiger partial charge >= 0.3 is 0 Å². The van der Waals surface area contributed by atoms with Gasteiger partial charge < -0.3 is 10.1 Å². The summed E-state index contributed by atoms with van der Waals surface area (Å²) in [6.45, 7) is 2.48. The van der Waals surface area contributed by atoms with Crippen molar-refractivity contribution in [3.8, 4) is 0 Å². The molecular weight excluding hydrogens is 322 g/mol. The lowest BCUT2D eigenvalue weighted by Crippen LogP contribution is -2.44. The second-order valence-electron chi connectivity index (χ2n) is 6.48. The molecule has 8 nitrogen and oxygen atoms in total. The summed E-state index contributed by atoms with van der Waals surface area (Å²) in [5, 5.41) is 7.41. The molecule has 3 heterocycles. The number of hydrogen-bond donors (Lipinski definition) is 1. The Labute approximate surface area is 144 Å². The van der Waals surface area contributed by atoms with Crippen molar-refractivity contribution in [3.63, 3.8) is 0 Å². The fourth-order valence-electron chi connectivity index (χ4n) is 3.33. The second-order valence-corrected chi connectivity index (χ2v) is 6.48. The van der Waals surface area contributed by atoms with E-state index in [0.717, 1.165) is 36.2 Å². The highest BCUT2D eigenvalue weighted by Gasteiger charge is 2.33. The third-order valence-electron chi connectivity index (χ3n) is 4.68. The molecule has 2 atom stereocenters. The van der Waals surface area contributed by atoms with Crippen LogP contribution in [0.2, 0.25) is 0 Å². The van der Waals surface area contributed by atoms with Gasteiger partial charge in [-0.1, -0.05) is 0 Å². The number of hydrogen-bond acceptors (Lipinski definition) is 6. The van der Waals surface area contributed by atoms with Gasteiger partial charge in [0.1, 0.15) is 11.7 Å². The molecule has 2 unspecified atom stereocenters. The Bertz CT molecular complexity index is 862. The fourth-order valence-corrected chi connectivity index (χ4v) is 3.33. The summed E-state index contributed by atoms with van der Waals surface area (Å²) in [5.41, 5.74) is 2.85. The molecule has 2 aliphatic rings. The maximum absolute atomic E-state index is 12.4. The number of aromatic nitrogens is 4. The van der Waals surface area contributed by atoms with Crippen LogP contribution in [0.15, 0.2) is 23.3 Å². The standard InChI is InChI=1S/C17H19N5O3/c1-10-6-19-13(7-18-10)17(24)20-14-8-25-9-15(14)22-16(23)5-11-3-2-4-12(11)21-22/h5-7,14-15H,2-4,8-9H2,1H3,(H,20,24). The number of aryl methyl sites for hydroxylation is 3. The molecule has 130 valence electrons. The Kier molecular flexibility index (Phi) is 4.04.